The second-order valence-electron chi connectivity index (χ2n) is 6.84. The number of ether oxygens (including phenoxy) is 3. The molecule has 0 bridgehead atoms. The van der Waals surface area contributed by atoms with Crippen LogP contribution < -0.4 is 0 Å². The second-order valence-corrected chi connectivity index (χ2v) is 6.84. The standard InChI is InChI=1S/C15H28O10/c1-5(2)13-10(20)11(21)14(7(4-17)23-13)25-15-12(22)9(19)8(18)6(3-16)24-15/h5-22H,3-4H2,1-2H3/t6?,7?,8-,9+,10?,11-,12?,13?,14-,15-/m1/s1. The van der Waals surface area contributed by atoms with E-state index in [-0.39, 0.29) is 5.92 Å². The summed E-state index contributed by atoms with van der Waals surface area (Å²) in [6.45, 7) is 2.42. The van der Waals surface area contributed by atoms with Crippen LogP contribution in [0.25, 0.3) is 0 Å². The minimum atomic E-state index is -1.66. The van der Waals surface area contributed by atoms with E-state index in [0.717, 1.165) is 0 Å². The minimum absolute atomic E-state index is 0.132. The Hall–Kier alpha value is -0.400. The van der Waals surface area contributed by atoms with Crippen LogP contribution in [-0.4, -0.2) is 110 Å². The Morgan fingerprint density at radius 3 is 1.88 bits per heavy atom. The van der Waals surface area contributed by atoms with Crippen molar-refractivity contribution in [1.29, 1.82) is 0 Å². The molecule has 0 aromatic rings. The molecule has 2 aliphatic rings. The Morgan fingerprint density at radius 2 is 1.36 bits per heavy atom. The Labute approximate surface area is 145 Å². The van der Waals surface area contributed by atoms with Crippen molar-refractivity contribution in [3.63, 3.8) is 0 Å². The first-order chi connectivity index (χ1) is 11.7. The lowest BCUT2D eigenvalue weighted by Crippen LogP contribution is -2.65. The van der Waals surface area contributed by atoms with Crippen molar-refractivity contribution in [2.75, 3.05) is 13.2 Å². The van der Waals surface area contributed by atoms with Gasteiger partial charge in [0, 0.05) is 0 Å². The first kappa shape index (κ1) is 20.9. The molecular weight excluding hydrogens is 340 g/mol. The van der Waals surface area contributed by atoms with Crippen molar-refractivity contribution in [3.8, 4) is 0 Å². The van der Waals surface area contributed by atoms with Gasteiger partial charge >= 0.3 is 0 Å². The number of aliphatic hydroxyl groups excluding tert-OH is 7. The topological polar surface area (TPSA) is 169 Å². The average molecular weight is 368 g/mol. The van der Waals surface area contributed by atoms with Gasteiger partial charge in [-0.2, -0.15) is 0 Å². The summed E-state index contributed by atoms with van der Waals surface area (Å²) in [7, 11) is 0. The maximum Gasteiger partial charge on any atom is 0.187 e. The molecule has 0 spiro atoms. The van der Waals surface area contributed by atoms with E-state index in [1.807, 2.05) is 0 Å². The molecule has 0 aromatic heterocycles. The van der Waals surface area contributed by atoms with Gasteiger partial charge in [0.05, 0.1) is 19.3 Å². The van der Waals surface area contributed by atoms with Crippen LogP contribution in [0.5, 0.6) is 0 Å². The van der Waals surface area contributed by atoms with Gasteiger partial charge in [-0.1, -0.05) is 13.8 Å². The molecule has 2 saturated heterocycles. The number of hydrogen-bond donors (Lipinski definition) is 7. The van der Waals surface area contributed by atoms with Gasteiger partial charge in [0.25, 0.3) is 0 Å². The molecule has 2 aliphatic heterocycles. The van der Waals surface area contributed by atoms with E-state index in [2.05, 4.69) is 0 Å². The fraction of sp³-hybridized carbons (Fsp3) is 1.00. The van der Waals surface area contributed by atoms with E-state index in [4.69, 9.17) is 14.2 Å². The summed E-state index contributed by atoms with van der Waals surface area (Å²) in [6, 6.07) is 0. The Balaban J connectivity index is 2.14. The summed E-state index contributed by atoms with van der Waals surface area (Å²) in [5.74, 6) is -0.132. The molecule has 0 amide bonds. The predicted molar refractivity (Wildman–Crippen MR) is 81.2 cm³/mol. The molecule has 148 valence electrons. The molecule has 0 aromatic carbocycles. The highest BCUT2D eigenvalue weighted by Crippen LogP contribution is 2.31. The second kappa shape index (κ2) is 8.53. The van der Waals surface area contributed by atoms with Crippen molar-refractivity contribution < 1.29 is 50.0 Å². The quantitative estimate of drug-likeness (QED) is 0.256. The van der Waals surface area contributed by atoms with Crippen LogP contribution >= 0.6 is 0 Å². The largest absolute Gasteiger partial charge is 0.394 e. The molecule has 2 fully saturated rings. The van der Waals surface area contributed by atoms with Crippen LogP contribution in [0.3, 0.4) is 0 Å². The van der Waals surface area contributed by atoms with Gasteiger partial charge < -0.3 is 50.0 Å². The van der Waals surface area contributed by atoms with Crippen molar-refractivity contribution in [1.82, 2.24) is 0 Å². The minimum Gasteiger partial charge on any atom is -0.394 e. The lowest BCUT2D eigenvalue weighted by Gasteiger charge is -2.47. The maximum absolute atomic E-state index is 10.4. The molecule has 0 aliphatic carbocycles. The zero-order valence-electron chi connectivity index (χ0n) is 14.1. The number of aliphatic hydroxyl groups is 7. The highest BCUT2D eigenvalue weighted by molar-refractivity contribution is 4.96. The molecule has 5 unspecified atom stereocenters. The van der Waals surface area contributed by atoms with Crippen LogP contribution in [0.2, 0.25) is 0 Å². The highest BCUT2D eigenvalue weighted by atomic mass is 16.7. The summed E-state index contributed by atoms with van der Waals surface area (Å²) >= 11 is 0. The van der Waals surface area contributed by atoms with Crippen LogP contribution in [0.4, 0.5) is 0 Å². The third-order valence-corrected chi connectivity index (χ3v) is 4.70. The van der Waals surface area contributed by atoms with Crippen molar-refractivity contribution in [2.45, 2.75) is 75.1 Å². The molecule has 0 radical (unpaired) electrons. The lowest BCUT2D eigenvalue weighted by atomic mass is 9.89. The highest BCUT2D eigenvalue weighted by Gasteiger charge is 2.50. The van der Waals surface area contributed by atoms with E-state index in [0.29, 0.717) is 0 Å². The van der Waals surface area contributed by atoms with E-state index in [9.17, 15) is 35.7 Å². The SMILES string of the molecule is CC(C)C1OC(CO)[C@@H](O[C@H]2OC(CO)[C@@H](O)[C@H](O)C2O)[C@H](O)C1O. The van der Waals surface area contributed by atoms with Crippen molar-refractivity contribution in [3.05, 3.63) is 0 Å². The molecule has 10 nitrogen and oxygen atoms in total. The van der Waals surface area contributed by atoms with Gasteiger partial charge in [-0.25, -0.2) is 0 Å². The van der Waals surface area contributed by atoms with Gasteiger partial charge in [-0.05, 0) is 5.92 Å². The van der Waals surface area contributed by atoms with E-state index >= 15 is 0 Å². The molecule has 10 atom stereocenters. The van der Waals surface area contributed by atoms with Gasteiger partial charge in [0.1, 0.15) is 48.8 Å². The average Bonchev–Trinajstić information content (AvgIpc) is 2.58. The molecule has 7 N–H and O–H groups in total. The van der Waals surface area contributed by atoms with Crippen LogP contribution in [0.1, 0.15) is 13.8 Å². The summed E-state index contributed by atoms with van der Waals surface area (Å²) in [5.41, 5.74) is 0. The van der Waals surface area contributed by atoms with Crippen LogP contribution in [0, 0.1) is 5.92 Å². The van der Waals surface area contributed by atoms with Crippen LogP contribution in [-0.2, 0) is 14.2 Å². The van der Waals surface area contributed by atoms with Crippen molar-refractivity contribution in [2.24, 2.45) is 5.92 Å². The number of rotatable bonds is 5. The molecule has 2 rings (SSSR count). The number of hydrogen-bond acceptors (Lipinski definition) is 10. The van der Waals surface area contributed by atoms with E-state index in [1.54, 1.807) is 13.8 Å². The zero-order chi connectivity index (χ0) is 18.9. The van der Waals surface area contributed by atoms with Crippen LogP contribution in [0.15, 0.2) is 0 Å². The Bertz CT molecular complexity index is 417. The normalized spacial score (nSPS) is 48.7. The summed E-state index contributed by atoms with van der Waals surface area (Å²) < 4.78 is 16.3. The van der Waals surface area contributed by atoms with Gasteiger partial charge in [0.15, 0.2) is 6.29 Å². The zero-order valence-corrected chi connectivity index (χ0v) is 14.1. The van der Waals surface area contributed by atoms with Gasteiger partial charge in [-0.15, -0.1) is 0 Å². The summed E-state index contributed by atoms with van der Waals surface area (Å²) in [4.78, 5) is 0. The fourth-order valence-electron chi connectivity index (χ4n) is 3.17. The van der Waals surface area contributed by atoms with Gasteiger partial charge in [0.2, 0.25) is 0 Å². The first-order valence-electron chi connectivity index (χ1n) is 8.31. The van der Waals surface area contributed by atoms with Crippen molar-refractivity contribution >= 4 is 0 Å². The Kier molecular flexibility index (Phi) is 7.13. The summed E-state index contributed by atoms with van der Waals surface area (Å²) in [5, 5.41) is 68.8. The monoisotopic (exact) mass is 368 g/mol. The lowest BCUT2D eigenvalue weighted by molar-refractivity contribution is -0.343. The molecular formula is C15H28O10. The molecule has 0 saturated carbocycles. The third kappa shape index (κ3) is 4.14. The van der Waals surface area contributed by atoms with E-state index in [1.165, 1.54) is 0 Å². The molecule has 2 heterocycles. The van der Waals surface area contributed by atoms with E-state index < -0.39 is 74.4 Å². The van der Waals surface area contributed by atoms with Gasteiger partial charge in [-0.3, -0.25) is 0 Å². The molecule has 10 heteroatoms. The molecule has 25 heavy (non-hydrogen) atoms. The third-order valence-electron chi connectivity index (χ3n) is 4.70. The maximum atomic E-state index is 10.4. The summed E-state index contributed by atoms with van der Waals surface area (Å²) in [6.07, 6.45) is -13.2. The fourth-order valence-corrected chi connectivity index (χ4v) is 3.17. The predicted octanol–water partition coefficient (Wildman–Crippen LogP) is -3.69. The Morgan fingerprint density at radius 1 is 0.760 bits per heavy atom. The first-order valence-corrected chi connectivity index (χ1v) is 8.31. The smallest absolute Gasteiger partial charge is 0.187 e.